The third-order valence-electron chi connectivity index (χ3n) is 11.2. The Hall–Kier alpha value is -7.70. The van der Waals surface area contributed by atoms with E-state index < -0.39 is 0 Å². The van der Waals surface area contributed by atoms with Gasteiger partial charge in [-0.25, -0.2) is 0 Å². The van der Waals surface area contributed by atoms with Gasteiger partial charge in [-0.05, 0) is 60.7 Å². The summed E-state index contributed by atoms with van der Waals surface area (Å²) in [6.45, 7) is 0. The lowest BCUT2D eigenvalue weighted by Crippen LogP contribution is -2.03. The van der Waals surface area contributed by atoms with Crippen molar-refractivity contribution in [1.29, 1.82) is 0 Å². The molecule has 12 rings (SSSR count). The van der Waals surface area contributed by atoms with E-state index >= 15 is 0 Å². The second-order valence-electron chi connectivity index (χ2n) is 14.2. The van der Waals surface area contributed by atoms with Crippen LogP contribution in [0.25, 0.3) is 105 Å². The molecule has 12 aromatic rings. The number of hydrogen-bond acceptors (Lipinski definition) is 3. The quantitative estimate of drug-likeness (QED) is 0.178. The Balaban J connectivity index is 1.15. The molecule has 262 valence electrons. The van der Waals surface area contributed by atoms with Crippen LogP contribution >= 0.6 is 0 Å². The Bertz CT molecular complexity index is 3480. The summed E-state index contributed by atoms with van der Waals surface area (Å²) in [4.78, 5) is 0. The zero-order valence-electron chi connectivity index (χ0n) is 30.0. The number of furan rings is 1. The number of para-hydroxylation sites is 6. The van der Waals surface area contributed by atoms with Crippen molar-refractivity contribution in [2.24, 2.45) is 0 Å². The Morgan fingerprint density at radius 1 is 0.357 bits per heavy atom. The molecule has 6 heteroatoms. The second-order valence-corrected chi connectivity index (χ2v) is 14.2. The molecule has 56 heavy (non-hydrogen) atoms. The predicted molar refractivity (Wildman–Crippen MR) is 228 cm³/mol. The SMILES string of the molecule is c1ccc(-c2nnc(-c3cccc4c3c3ccccc3n4-c3ccccc3-n3c4ccccc4c4c5oc6ccccc6c5ccc43)n2-c2ccccc2)cc1. The first kappa shape index (κ1) is 30.7. The summed E-state index contributed by atoms with van der Waals surface area (Å²) in [6.07, 6.45) is 0. The fourth-order valence-electron chi connectivity index (χ4n) is 8.86. The second kappa shape index (κ2) is 11.9. The molecule has 0 atom stereocenters. The molecular formula is C50H31N5O. The van der Waals surface area contributed by atoms with Gasteiger partial charge in [0.25, 0.3) is 0 Å². The minimum Gasteiger partial charge on any atom is -0.455 e. The van der Waals surface area contributed by atoms with Crippen LogP contribution < -0.4 is 0 Å². The van der Waals surface area contributed by atoms with Gasteiger partial charge < -0.3 is 13.6 Å². The zero-order chi connectivity index (χ0) is 36.7. The van der Waals surface area contributed by atoms with E-state index in [2.05, 4.69) is 171 Å². The summed E-state index contributed by atoms with van der Waals surface area (Å²) in [5.74, 6) is 1.58. The smallest absolute Gasteiger partial charge is 0.169 e. The average Bonchev–Trinajstić information content (AvgIpc) is 4.04. The fourth-order valence-corrected chi connectivity index (χ4v) is 8.86. The lowest BCUT2D eigenvalue weighted by Gasteiger charge is -2.17. The number of benzene rings is 8. The third-order valence-corrected chi connectivity index (χ3v) is 11.2. The van der Waals surface area contributed by atoms with Crippen molar-refractivity contribution in [2.75, 3.05) is 0 Å². The van der Waals surface area contributed by atoms with Crippen LogP contribution in [-0.4, -0.2) is 23.9 Å². The Morgan fingerprint density at radius 3 is 1.64 bits per heavy atom. The van der Waals surface area contributed by atoms with Gasteiger partial charge in [-0.15, -0.1) is 10.2 Å². The fraction of sp³-hybridized carbons (Fsp3) is 0. The van der Waals surface area contributed by atoms with Crippen molar-refractivity contribution in [3.8, 4) is 39.8 Å². The zero-order valence-corrected chi connectivity index (χ0v) is 30.0. The largest absolute Gasteiger partial charge is 0.455 e. The van der Waals surface area contributed by atoms with E-state index in [1.807, 2.05) is 30.3 Å². The highest BCUT2D eigenvalue weighted by molar-refractivity contribution is 6.24. The summed E-state index contributed by atoms with van der Waals surface area (Å²) in [7, 11) is 0. The van der Waals surface area contributed by atoms with Crippen LogP contribution in [0.3, 0.4) is 0 Å². The third kappa shape index (κ3) is 4.32. The number of aromatic nitrogens is 5. The number of rotatable bonds is 5. The van der Waals surface area contributed by atoms with Gasteiger partial charge in [-0.3, -0.25) is 4.57 Å². The van der Waals surface area contributed by atoms with Crippen LogP contribution in [0.15, 0.2) is 192 Å². The van der Waals surface area contributed by atoms with E-state index in [0.717, 1.165) is 105 Å². The van der Waals surface area contributed by atoms with Gasteiger partial charge in [0.2, 0.25) is 0 Å². The molecule has 0 unspecified atom stereocenters. The molecule has 4 heterocycles. The molecule has 4 aromatic heterocycles. The molecular weight excluding hydrogens is 687 g/mol. The van der Waals surface area contributed by atoms with E-state index in [1.54, 1.807) is 0 Å². The highest BCUT2D eigenvalue weighted by atomic mass is 16.3. The van der Waals surface area contributed by atoms with Gasteiger partial charge in [0.15, 0.2) is 11.6 Å². The van der Waals surface area contributed by atoms with Crippen LogP contribution in [0.5, 0.6) is 0 Å². The average molecular weight is 718 g/mol. The minimum atomic E-state index is 0.786. The van der Waals surface area contributed by atoms with E-state index in [9.17, 15) is 0 Å². The first-order valence-electron chi connectivity index (χ1n) is 18.9. The normalized spacial score (nSPS) is 11.9. The molecule has 0 saturated carbocycles. The van der Waals surface area contributed by atoms with Crippen molar-refractivity contribution in [1.82, 2.24) is 23.9 Å². The molecule has 6 nitrogen and oxygen atoms in total. The van der Waals surface area contributed by atoms with Crippen LogP contribution in [0.2, 0.25) is 0 Å². The molecule has 0 bridgehead atoms. The van der Waals surface area contributed by atoms with Crippen molar-refractivity contribution in [2.45, 2.75) is 0 Å². The molecule has 0 saturated heterocycles. The van der Waals surface area contributed by atoms with Crippen LogP contribution in [0.1, 0.15) is 0 Å². The Labute approximate surface area is 320 Å². The summed E-state index contributed by atoms with van der Waals surface area (Å²) < 4.78 is 13.6. The highest BCUT2D eigenvalue weighted by Crippen LogP contribution is 2.44. The number of nitrogens with zero attached hydrogens (tertiary/aromatic N) is 5. The van der Waals surface area contributed by atoms with Crippen LogP contribution in [-0.2, 0) is 0 Å². The van der Waals surface area contributed by atoms with E-state index in [-0.39, 0.29) is 0 Å². The highest BCUT2D eigenvalue weighted by Gasteiger charge is 2.25. The monoisotopic (exact) mass is 717 g/mol. The van der Waals surface area contributed by atoms with Crippen molar-refractivity contribution >= 4 is 65.6 Å². The summed E-state index contributed by atoms with van der Waals surface area (Å²) in [6, 6.07) is 66.1. The van der Waals surface area contributed by atoms with Crippen molar-refractivity contribution in [3.05, 3.63) is 188 Å². The van der Waals surface area contributed by atoms with E-state index in [4.69, 9.17) is 14.6 Å². The molecule has 0 amide bonds. The van der Waals surface area contributed by atoms with Crippen molar-refractivity contribution in [3.63, 3.8) is 0 Å². The Morgan fingerprint density at radius 2 is 0.911 bits per heavy atom. The standard InChI is InChI=1S/C50H31N5O/c1-3-16-32(17-4-1)49-51-52-50(53(49)33-18-5-2-6-19-33)38-23-15-28-43-46(38)36-21-7-10-24-39(36)54(43)41-26-12-13-27-42(41)55-40-25-11-8-22-37(40)47-44(55)31-30-35-34-20-9-14-29-45(34)56-48(35)47/h1-31H. The lowest BCUT2D eigenvalue weighted by atomic mass is 10.1. The summed E-state index contributed by atoms with van der Waals surface area (Å²) in [5, 5.41) is 16.5. The van der Waals surface area contributed by atoms with E-state index in [1.165, 1.54) is 0 Å². The maximum atomic E-state index is 6.64. The van der Waals surface area contributed by atoms with E-state index in [0.29, 0.717) is 0 Å². The molecule has 0 aliphatic carbocycles. The molecule has 0 aliphatic rings. The molecule has 8 aromatic carbocycles. The summed E-state index contributed by atoms with van der Waals surface area (Å²) in [5.41, 5.74) is 11.4. The maximum absolute atomic E-state index is 6.64. The first-order chi connectivity index (χ1) is 27.8. The molecule has 0 fully saturated rings. The topological polar surface area (TPSA) is 53.7 Å². The Kier molecular flexibility index (Phi) is 6.53. The first-order valence-corrected chi connectivity index (χ1v) is 18.9. The van der Waals surface area contributed by atoms with Gasteiger partial charge in [-0.2, -0.15) is 0 Å². The van der Waals surface area contributed by atoms with Crippen molar-refractivity contribution < 1.29 is 4.42 Å². The molecule has 0 N–H and O–H groups in total. The summed E-state index contributed by atoms with van der Waals surface area (Å²) >= 11 is 0. The molecule has 0 radical (unpaired) electrons. The lowest BCUT2D eigenvalue weighted by molar-refractivity contribution is 0.673. The van der Waals surface area contributed by atoms with Gasteiger partial charge in [0.05, 0.1) is 38.8 Å². The van der Waals surface area contributed by atoms with Crippen LogP contribution in [0.4, 0.5) is 0 Å². The van der Waals surface area contributed by atoms with Gasteiger partial charge in [0.1, 0.15) is 11.2 Å². The molecule has 0 spiro atoms. The van der Waals surface area contributed by atoms with Gasteiger partial charge in [0, 0.05) is 43.7 Å². The number of fused-ring (bicyclic) bond motifs is 10. The predicted octanol–water partition coefficient (Wildman–Crippen LogP) is 12.7. The minimum absolute atomic E-state index is 0.786. The number of hydrogen-bond donors (Lipinski definition) is 0. The van der Waals surface area contributed by atoms with Crippen LogP contribution in [0, 0.1) is 0 Å². The maximum Gasteiger partial charge on any atom is 0.169 e. The van der Waals surface area contributed by atoms with Gasteiger partial charge >= 0.3 is 0 Å². The van der Waals surface area contributed by atoms with Gasteiger partial charge in [-0.1, -0.05) is 127 Å². The molecule has 0 aliphatic heterocycles.